The van der Waals surface area contributed by atoms with Crippen LogP contribution in [0.3, 0.4) is 0 Å². The van der Waals surface area contributed by atoms with Gasteiger partial charge in [-0.2, -0.15) is 0 Å². The zero-order chi connectivity index (χ0) is 30.3. The quantitative estimate of drug-likeness (QED) is 0.362. The van der Waals surface area contributed by atoms with E-state index in [0.717, 1.165) is 39.1 Å². The molecule has 1 unspecified atom stereocenters. The number of anilines is 1. The molecule has 0 saturated carbocycles. The lowest BCUT2D eigenvalue weighted by Gasteiger charge is -2.18. The van der Waals surface area contributed by atoms with Crippen molar-refractivity contribution in [3.05, 3.63) is 95.6 Å². The number of nitrogens with one attached hydrogen (secondary N) is 1. The Morgan fingerprint density at radius 3 is 1.90 bits per heavy atom. The Morgan fingerprint density at radius 1 is 0.976 bits per heavy atom. The van der Waals surface area contributed by atoms with Gasteiger partial charge in [-0.25, -0.2) is 4.79 Å². The maximum Gasteiger partial charge on any atom is 0.312 e. The number of primary amides is 1. The number of benzene rings is 3. The summed E-state index contributed by atoms with van der Waals surface area (Å²) in [6.07, 6.45) is 1.14. The average Bonchev–Trinajstić information content (AvgIpc) is 3.31. The third-order valence-corrected chi connectivity index (χ3v) is 6.15. The van der Waals surface area contributed by atoms with Crippen molar-refractivity contribution in [3.63, 3.8) is 0 Å². The molecule has 0 bridgehead atoms. The molecule has 0 spiro atoms. The van der Waals surface area contributed by atoms with E-state index in [9.17, 15) is 4.79 Å². The van der Waals surface area contributed by atoms with Crippen LogP contribution in [-0.2, 0) is 6.42 Å². The van der Waals surface area contributed by atoms with E-state index in [1.54, 1.807) is 0 Å². The fraction of sp³-hybridized carbons (Fsp3) is 0.424. The number of carbonyl (C=O) groups is 1. The number of hydrogen-bond donors (Lipinski definition) is 3. The summed E-state index contributed by atoms with van der Waals surface area (Å²) in [4.78, 5) is 14.4. The molecule has 0 radical (unpaired) electrons. The summed E-state index contributed by atoms with van der Waals surface area (Å²) in [5.41, 5.74) is 10.1. The topological polar surface area (TPSA) is 123 Å². The van der Waals surface area contributed by atoms with Crippen molar-refractivity contribution in [2.24, 2.45) is 5.73 Å². The normalized spacial score (nSPS) is 13.2. The summed E-state index contributed by atoms with van der Waals surface area (Å²) >= 11 is 0. The number of rotatable bonds is 5. The van der Waals surface area contributed by atoms with Crippen LogP contribution in [-0.4, -0.2) is 68.1 Å². The van der Waals surface area contributed by atoms with E-state index in [1.165, 1.54) is 22.4 Å². The van der Waals surface area contributed by atoms with E-state index in [1.807, 2.05) is 26.0 Å². The van der Waals surface area contributed by atoms with Gasteiger partial charge >= 0.3 is 6.03 Å². The first-order valence-corrected chi connectivity index (χ1v) is 13.9. The Bertz CT molecular complexity index is 1030. The van der Waals surface area contributed by atoms with Crippen LogP contribution in [0.25, 0.3) is 0 Å². The van der Waals surface area contributed by atoms with Gasteiger partial charge < -0.3 is 31.3 Å². The highest BCUT2D eigenvalue weighted by Crippen LogP contribution is 2.24. The minimum absolute atomic E-state index is 0. The van der Waals surface area contributed by atoms with Gasteiger partial charge in [-0.1, -0.05) is 67.6 Å². The van der Waals surface area contributed by atoms with Gasteiger partial charge in [0.15, 0.2) is 0 Å². The minimum Gasteiger partial charge on any atom is -0.494 e. The van der Waals surface area contributed by atoms with Crippen molar-refractivity contribution >= 4 is 11.7 Å². The van der Waals surface area contributed by atoms with Crippen LogP contribution in [0.4, 0.5) is 10.5 Å². The maximum atomic E-state index is 9.71. The van der Waals surface area contributed by atoms with Crippen molar-refractivity contribution in [2.45, 2.75) is 54.0 Å². The smallest absolute Gasteiger partial charge is 0.312 e. The van der Waals surface area contributed by atoms with Gasteiger partial charge in [-0.05, 0) is 76.9 Å². The van der Waals surface area contributed by atoms with Crippen LogP contribution in [0.2, 0.25) is 0 Å². The highest BCUT2D eigenvalue weighted by molar-refractivity contribution is 5.71. The van der Waals surface area contributed by atoms with Gasteiger partial charge in [0.2, 0.25) is 0 Å². The summed E-state index contributed by atoms with van der Waals surface area (Å²) in [6.45, 7) is 15.9. The number of aryl methyl sites for hydroxylation is 3. The summed E-state index contributed by atoms with van der Waals surface area (Å²) in [5.74, 6) is 0.960. The van der Waals surface area contributed by atoms with Gasteiger partial charge in [-0.3, -0.25) is 4.90 Å². The molecule has 1 aliphatic heterocycles. The van der Waals surface area contributed by atoms with E-state index in [-0.39, 0.29) is 8.33 Å². The molecule has 3 aromatic carbocycles. The molecule has 8 heteroatoms. The predicted octanol–water partition coefficient (Wildman–Crippen LogP) is 5.69. The third-order valence-electron chi connectivity index (χ3n) is 6.15. The molecule has 1 atom stereocenters. The Kier molecular flexibility index (Phi) is 23.4. The fourth-order valence-electron chi connectivity index (χ4n) is 3.60. The van der Waals surface area contributed by atoms with Crippen LogP contribution in [0.1, 0.15) is 47.2 Å². The number of carbonyl (C=O) groups excluding carboxylic acids is 1. The number of likely N-dealkylation sites (N-methyl/N-ethyl adjacent to an activating group) is 1. The average molecular weight is 575 g/mol. The molecular weight excluding hydrogens is 516 g/mol. The number of ether oxygens (including phenoxy) is 1. The summed E-state index contributed by atoms with van der Waals surface area (Å²) < 4.78 is 5.52. The van der Waals surface area contributed by atoms with Crippen LogP contribution in [0, 0.1) is 13.8 Å². The van der Waals surface area contributed by atoms with Gasteiger partial charge in [-0.15, -0.1) is 0 Å². The lowest BCUT2D eigenvalue weighted by molar-refractivity contribution is 0.249. The molecule has 4 rings (SSSR count). The zero-order valence-electron chi connectivity index (χ0n) is 26.4. The van der Waals surface area contributed by atoms with Crippen LogP contribution in [0.15, 0.2) is 78.9 Å². The summed E-state index contributed by atoms with van der Waals surface area (Å²) in [6, 6.07) is 27.3. The van der Waals surface area contributed by atoms with Crippen molar-refractivity contribution < 1.29 is 23.0 Å². The van der Waals surface area contributed by atoms with Crippen LogP contribution < -0.4 is 20.7 Å². The predicted molar refractivity (Wildman–Crippen MR) is 178 cm³/mol. The van der Waals surface area contributed by atoms with Crippen molar-refractivity contribution in [3.8, 4) is 5.75 Å². The molecule has 6 N–H and O–H groups in total. The van der Waals surface area contributed by atoms with E-state index in [2.05, 4.69) is 122 Å². The van der Waals surface area contributed by atoms with E-state index < -0.39 is 6.03 Å². The fourth-order valence-corrected chi connectivity index (χ4v) is 3.60. The van der Waals surface area contributed by atoms with Gasteiger partial charge in [0.1, 0.15) is 5.75 Å². The second-order valence-corrected chi connectivity index (χ2v) is 9.22. The number of nitrogens with zero attached hydrogens (tertiary/aromatic N) is 2. The molecule has 2 amide bonds. The highest BCUT2D eigenvalue weighted by atomic mass is 16.5. The summed E-state index contributed by atoms with van der Waals surface area (Å²) in [5, 5.41) is 9.35. The van der Waals surface area contributed by atoms with Gasteiger partial charge in [0, 0.05) is 40.8 Å². The molecule has 0 aromatic heterocycles. The number of urea groups is 1. The first-order valence-electron chi connectivity index (χ1n) is 13.9. The van der Waals surface area contributed by atoms with Crippen LogP contribution >= 0.6 is 0 Å². The standard InChI is InChI=1S/C13H20N2O.2C8H10.C3H8N2O.CH4O.H2O.2H2/c1-4-16-13-7-5-6-12(8-13)15-9-11(2)14(3)10-15;1-7-5-3-4-6-8(7)2;1-2-8-6-4-3-5-7-8;1-2-5-3(4)6;1-2;;;/h5-8,11H,4,9-10H2,1-3H3;3-6H,1-2H3;3-7H,2H2,1H3;2H2,1H3,(H3,4,5,6);2H,1H3;1H2;2*1H. The minimum atomic E-state index is -0.461. The van der Waals surface area contributed by atoms with E-state index in [4.69, 9.17) is 9.84 Å². The second-order valence-electron chi connectivity index (χ2n) is 9.22. The van der Waals surface area contributed by atoms with E-state index >= 15 is 0 Å². The van der Waals surface area contributed by atoms with Crippen molar-refractivity contribution in [1.29, 1.82) is 0 Å². The lowest BCUT2D eigenvalue weighted by atomic mass is 10.1. The highest BCUT2D eigenvalue weighted by Gasteiger charge is 2.23. The van der Waals surface area contributed by atoms with Gasteiger partial charge in [0.25, 0.3) is 0 Å². The molecule has 41 heavy (non-hydrogen) atoms. The third kappa shape index (κ3) is 17.7. The van der Waals surface area contributed by atoms with Crippen LogP contribution in [0.5, 0.6) is 5.75 Å². The molecule has 234 valence electrons. The zero-order valence-corrected chi connectivity index (χ0v) is 26.4. The Morgan fingerprint density at radius 2 is 1.54 bits per heavy atom. The molecule has 8 nitrogen and oxygen atoms in total. The SMILES string of the molecule is CCNC(N)=O.CCOc1cccc(N2CC(C)N(C)C2)c1.CCc1ccccc1.CO.Cc1ccccc1C.O.[HH].[HH]. The second kappa shape index (κ2) is 24.2. The number of aliphatic hydroxyl groups is 1. The molecule has 3 aromatic rings. The van der Waals surface area contributed by atoms with Gasteiger partial charge in [0.05, 0.1) is 13.3 Å². The molecule has 1 saturated heterocycles. The number of amides is 2. The molecule has 1 fully saturated rings. The maximum absolute atomic E-state index is 9.71. The molecule has 1 heterocycles. The summed E-state index contributed by atoms with van der Waals surface area (Å²) in [7, 11) is 3.16. The molecular formula is C33H58N4O4. The number of aliphatic hydroxyl groups excluding tert-OH is 1. The Balaban J connectivity index is -0.000000243. The van der Waals surface area contributed by atoms with E-state index in [0.29, 0.717) is 12.6 Å². The number of hydrogen-bond acceptors (Lipinski definition) is 5. The molecule has 1 aliphatic rings. The largest absolute Gasteiger partial charge is 0.494 e. The monoisotopic (exact) mass is 574 g/mol. The first-order chi connectivity index (χ1) is 19.2. The van der Waals surface area contributed by atoms with Crippen molar-refractivity contribution in [1.82, 2.24) is 10.2 Å². The lowest BCUT2D eigenvalue weighted by Crippen LogP contribution is -2.28. The Hall–Kier alpha value is -3.59. The van der Waals surface area contributed by atoms with Crippen molar-refractivity contribution in [2.75, 3.05) is 45.4 Å². The Labute approximate surface area is 251 Å². The number of nitrogens with two attached hydrogens (primary N) is 1. The molecule has 0 aliphatic carbocycles. The first kappa shape index (κ1) is 39.6.